The molecule has 3 aromatic rings. The van der Waals surface area contributed by atoms with Gasteiger partial charge in [-0.1, -0.05) is 37.6 Å². The van der Waals surface area contributed by atoms with Crippen molar-refractivity contribution in [1.82, 2.24) is 4.98 Å². The van der Waals surface area contributed by atoms with Crippen molar-refractivity contribution in [1.29, 1.82) is 0 Å². The lowest BCUT2D eigenvalue weighted by Crippen LogP contribution is -2.33. The molecule has 0 fully saturated rings. The van der Waals surface area contributed by atoms with Crippen molar-refractivity contribution in [3.8, 4) is 11.5 Å². The molecule has 1 aliphatic heterocycles. The Morgan fingerprint density at radius 1 is 1.09 bits per heavy atom. The summed E-state index contributed by atoms with van der Waals surface area (Å²) in [6.45, 7) is 4.05. The zero-order valence-electron chi connectivity index (χ0n) is 18.2. The predicted molar refractivity (Wildman–Crippen MR) is 119 cm³/mol. The van der Waals surface area contributed by atoms with Gasteiger partial charge in [0.05, 0.1) is 18.9 Å². The van der Waals surface area contributed by atoms with E-state index >= 15 is 0 Å². The maximum absolute atomic E-state index is 13.6. The highest BCUT2D eigenvalue weighted by Gasteiger charge is 2.24. The molecular formula is C26H28FNO4. The lowest BCUT2D eigenvalue weighted by atomic mass is 10.0. The largest absolute Gasteiger partial charge is 0.486 e. The first-order valence-corrected chi connectivity index (χ1v) is 11.0. The highest BCUT2D eigenvalue weighted by atomic mass is 19.1. The lowest BCUT2D eigenvalue weighted by Gasteiger charge is -2.28. The minimum Gasteiger partial charge on any atom is -0.486 e. The van der Waals surface area contributed by atoms with Crippen LogP contribution in [0.25, 0.3) is 0 Å². The Balaban J connectivity index is 1.51. The van der Waals surface area contributed by atoms with Crippen LogP contribution in [0.5, 0.6) is 11.5 Å². The first-order valence-electron chi connectivity index (χ1n) is 11.0. The van der Waals surface area contributed by atoms with Gasteiger partial charge in [-0.2, -0.15) is 0 Å². The fourth-order valence-electron chi connectivity index (χ4n) is 3.53. The summed E-state index contributed by atoms with van der Waals surface area (Å²) in [7, 11) is 0. The van der Waals surface area contributed by atoms with Crippen LogP contribution in [0.4, 0.5) is 4.39 Å². The number of pyridine rings is 1. The number of unbranched alkanes of at least 4 members (excludes halogenated alkanes) is 1. The summed E-state index contributed by atoms with van der Waals surface area (Å²) in [6.07, 6.45) is 3.27. The first kappa shape index (κ1) is 22.2. The molecule has 2 unspecified atom stereocenters. The van der Waals surface area contributed by atoms with E-state index in [1.165, 1.54) is 12.1 Å². The predicted octanol–water partition coefficient (Wildman–Crippen LogP) is 5.48. The maximum Gasteiger partial charge on any atom is 0.162 e. The van der Waals surface area contributed by atoms with Crippen molar-refractivity contribution < 1.29 is 23.3 Å². The van der Waals surface area contributed by atoms with Gasteiger partial charge in [0.2, 0.25) is 0 Å². The van der Waals surface area contributed by atoms with Crippen LogP contribution in [0.15, 0.2) is 66.9 Å². The molecule has 0 saturated carbocycles. The number of hydrogen-bond acceptors (Lipinski definition) is 5. The Labute approximate surface area is 188 Å². The summed E-state index contributed by atoms with van der Waals surface area (Å²) in [5.74, 6) is 1.07. The molecule has 2 heterocycles. The summed E-state index contributed by atoms with van der Waals surface area (Å²) in [4.78, 5) is 4.48. The molecule has 2 atom stereocenters. The van der Waals surface area contributed by atoms with Crippen molar-refractivity contribution in [2.75, 3.05) is 19.8 Å². The number of hydrogen-bond donors (Lipinski definition) is 0. The Hall–Kier alpha value is -2.96. The lowest BCUT2D eigenvalue weighted by molar-refractivity contribution is 0.00762. The second-order valence-corrected chi connectivity index (χ2v) is 7.76. The highest BCUT2D eigenvalue weighted by Crippen LogP contribution is 2.36. The third-order valence-electron chi connectivity index (χ3n) is 5.20. The fourth-order valence-corrected chi connectivity index (χ4v) is 3.53. The zero-order chi connectivity index (χ0) is 22.2. The number of fused-ring (bicyclic) bond motifs is 1. The fraction of sp³-hybridized carbons (Fsp3) is 0.346. The molecule has 0 spiro atoms. The third kappa shape index (κ3) is 5.84. The molecule has 0 radical (unpaired) electrons. The minimum absolute atomic E-state index is 0.156. The second kappa shape index (κ2) is 11.1. The molecule has 2 aromatic carbocycles. The molecule has 0 amide bonds. The molecule has 1 aromatic heterocycles. The normalized spacial score (nSPS) is 16.0. The summed E-state index contributed by atoms with van der Waals surface area (Å²) >= 11 is 0. The van der Waals surface area contributed by atoms with Crippen molar-refractivity contribution in [2.45, 2.75) is 38.6 Å². The van der Waals surface area contributed by atoms with E-state index in [0.29, 0.717) is 24.7 Å². The van der Waals surface area contributed by atoms with Crippen LogP contribution >= 0.6 is 0 Å². The van der Waals surface area contributed by atoms with E-state index in [2.05, 4.69) is 11.9 Å². The third-order valence-corrected chi connectivity index (χ3v) is 5.20. The van der Waals surface area contributed by atoms with Gasteiger partial charge in [0.1, 0.15) is 18.5 Å². The van der Waals surface area contributed by atoms with E-state index in [0.717, 1.165) is 36.3 Å². The molecule has 0 bridgehead atoms. The maximum atomic E-state index is 13.6. The topological polar surface area (TPSA) is 49.8 Å². The van der Waals surface area contributed by atoms with Gasteiger partial charge in [-0.3, -0.25) is 4.98 Å². The quantitative estimate of drug-likeness (QED) is 0.393. The van der Waals surface area contributed by atoms with E-state index in [-0.39, 0.29) is 18.5 Å². The van der Waals surface area contributed by atoms with Gasteiger partial charge in [0, 0.05) is 12.8 Å². The molecule has 32 heavy (non-hydrogen) atoms. The standard InChI is InChI=1S/C26H28FNO4/c1-2-3-13-29-17-22-18-30-24-11-10-20(15-25(24)32-22)26(23-9-4-5-12-28-23)31-16-19-7-6-8-21(27)14-19/h4-12,14-15,22,26H,2-3,13,16-18H2,1H3. The Bertz CT molecular complexity index is 998. The number of rotatable bonds is 10. The zero-order valence-corrected chi connectivity index (χ0v) is 18.2. The second-order valence-electron chi connectivity index (χ2n) is 7.76. The van der Waals surface area contributed by atoms with Gasteiger partial charge in [0.25, 0.3) is 0 Å². The average molecular weight is 438 g/mol. The minimum atomic E-state index is -0.436. The van der Waals surface area contributed by atoms with E-state index in [1.54, 1.807) is 12.3 Å². The van der Waals surface area contributed by atoms with E-state index < -0.39 is 6.10 Å². The Kier molecular flexibility index (Phi) is 7.69. The van der Waals surface area contributed by atoms with E-state index in [9.17, 15) is 4.39 Å². The smallest absolute Gasteiger partial charge is 0.162 e. The number of aromatic nitrogens is 1. The summed E-state index contributed by atoms with van der Waals surface area (Å²) in [5.41, 5.74) is 2.41. The van der Waals surface area contributed by atoms with Crippen LogP contribution < -0.4 is 9.47 Å². The van der Waals surface area contributed by atoms with Crippen LogP contribution in [0.2, 0.25) is 0 Å². The van der Waals surface area contributed by atoms with Crippen molar-refractivity contribution in [3.63, 3.8) is 0 Å². The summed E-state index contributed by atoms with van der Waals surface area (Å²) in [5, 5.41) is 0. The molecule has 0 saturated heterocycles. The number of ether oxygens (including phenoxy) is 4. The SMILES string of the molecule is CCCCOCC1COc2ccc(C(OCc3cccc(F)c3)c3ccccn3)cc2O1. The van der Waals surface area contributed by atoms with Gasteiger partial charge in [-0.25, -0.2) is 4.39 Å². The van der Waals surface area contributed by atoms with Gasteiger partial charge >= 0.3 is 0 Å². The van der Waals surface area contributed by atoms with Crippen LogP contribution in [-0.4, -0.2) is 30.9 Å². The van der Waals surface area contributed by atoms with Gasteiger partial charge in [-0.05, 0) is 53.9 Å². The van der Waals surface area contributed by atoms with E-state index in [4.69, 9.17) is 18.9 Å². The van der Waals surface area contributed by atoms with Crippen LogP contribution in [0, 0.1) is 5.82 Å². The average Bonchev–Trinajstić information content (AvgIpc) is 2.82. The van der Waals surface area contributed by atoms with Gasteiger partial charge < -0.3 is 18.9 Å². The first-order chi connectivity index (χ1) is 15.7. The van der Waals surface area contributed by atoms with Crippen molar-refractivity contribution in [3.05, 3.63) is 89.5 Å². The monoisotopic (exact) mass is 437 g/mol. The van der Waals surface area contributed by atoms with E-state index in [1.807, 2.05) is 42.5 Å². The van der Waals surface area contributed by atoms with Crippen LogP contribution in [0.1, 0.15) is 42.7 Å². The van der Waals surface area contributed by atoms with Gasteiger partial charge in [-0.15, -0.1) is 0 Å². The molecular weight excluding hydrogens is 409 g/mol. The number of nitrogens with zero attached hydrogens (tertiary/aromatic N) is 1. The summed E-state index contributed by atoms with van der Waals surface area (Å²) in [6, 6.07) is 17.9. The molecule has 4 rings (SSSR count). The number of benzene rings is 2. The highest BCUT2D eigenvalue weighted by molar-refractivity contribution is 5.46. The molecule has 5 nitrogen and oxygen atoms in total. The molecule has 168 valence electrons. The van der Waals surface area contributed by atoms with Crippen LogP contribution in [-0.2, 0) is 16.1 Å². The summed E-state index contributed by atoms with van der Waals surface area (Å²) < 4.78 is 37.5. The Morgan fingerprint density at radius 2 is 2.03 bits per heavy atom. The Morgan fingerprint density at radius 3 is 2.84 bits per heavy atom. The molecule has 0 N–H and O–H groups in total. The van der Waals surface area contributed by atoms with Gasteiger partial charge in [0.15, 0.2) is 17.6 Å². The molecule has 6 heteroatoms. The number of halogens is 1. The van der Waals surface area contributed by atoms with Crippen molar-refractivity contribution >= 4 is 0 Å². The molecule has 0 aliphatic carbocycles. The molecule has 1 aliphatic rings. The van der Waals surface area contributed by atoms with Crippen LogP contribution in [0.3, 0.4) is 0 Å². The van der Waals surface area contributed by atoms with Crippen molar-refractivity contribution in [2.24, 2.45) is 0 Å².